The number of rotatable bonds is 3. The molecule has 1 aromatic rings. The lowest BCUT2D eigenvalue weighted by Crippen LogP contribution is -2.06. The Morgan fingerprint density at radius 1 is 1.00 bits per heavy atom. The van der Waals surface area contributed by atoms with Crippen LogP contribution in [0, 0.1) is 0 Å². The van der Waals surface area contributed by atoms with E-state index in [4.69, 9.17) is 4.74 Å². The van der Waals surface area contributed by atoms with Gasteiger partial charge in [0.05, 0.1) is 12.2 Å². The van der Waals surface area contributed by atoms with E-state index >= 15 is 0 Å². The quantitative estimate of drug-likeness (QED) is 0.666. The molecule has 1 rings (SSSR count). The van der Waals surface area contributed by atoms with Crippen LogP contribution in [0.4, 0.5) is 0 Å². The second-order valence-corrected chi connectivity index (χ2v) is 3.24. The average Bonchev–Trinajstić information content (AvgIpc) is 2.05. The van der Waals surface area contributed by atoms with E-state index in [-0.39, 0.29) is 6.10 Å². The standard InChI is InChI=1S/C11H16O/c1-9(2)12-10(3)11-7-5-4-6-8-11/h4-10H,1-3H3. The SMILES string of the molecule is CC(C)OC(C)c1ccccc1. The largest absolute Gasteiger partial charge is 0.371 e. The van der Waals surface area contributed by atoms with Gasteiger partial charge in [-0.1, -0.05) is 30.3 Å². The molecule has 66 valence electrons. The predicted molar refractivity (Wildman–Crippen MR) is 51.1 cm³/mol. The van der Waals surface area contributed by atoms with Crippen LogP contribution in [0.2, 0.25) is 0 Å². The summed E-state index contributed by atoms with van der Waals surface area (Å²) < 4.78 is 5.64. The van der Waals surface area contributed by atoms with Crippen LogP contribution in [-0.4, -0.2) is 6.10 Å². The molecule has 0 N–H and O–H groups in total. The van der Waals surface area contributed by atoms with Gasteiger partial charge in [-0.15, -0.1) is 0 Å². The third kappa shape index (κ3) is 2.67. The van der Waals surface area contributed by atoms with Crippen molar-refractivity contribution >= 4 is 0 Å². The highest BCUT2D eigenvalue weighted by Gasteiger charge is 2.05. The molecule has 0 bridgehead atoms. The van der Waals surface area contributed by atoms with Gasteiger partial charge in [-0.25, -0.2) is 0 Å². The zero-order valence-corrected chi connectivity index (χ0v) is 7.95. The zero-order chi connectivity index (χ0) is 8.97. The molecule has 0 saturated carbocycles. The molecule has 1 unspecified atom stereocenters. The first-order valence-corrected chi connectivity index (χ1v) is 4.40. The summed E-state index contributed by atoms with van der Waals surface area (Å²) in [4.78, 5) is 0. The van der Waals surface area contributed by atoms with E-state index in [1.165, 1.54) is 5.56 Å². The third-order valence-corrected chi connectivity index (χ3v) is 1.75. The Hall–Kier alpha value is -0.820. The smallest absolute Gasteiger partial charge is 0.0800 e. The molecule has 0 spiro atoms. The van der Waals surface area contributed by atoms with Crippen molar-refractivity contribution in [2.24, 2.45) is 0 Å². The van der Waals surface area contributed by atoms with Crippen LogP contribution in [0.25, 0.3) is 0 Å². The first-order valence-electron chi connectivity index (χ1n) is 4.40. The Bertz CT molecular complexity index is 216. The summed E-state index contributed by atoms with van der Waals surface area (Å²) in [5.41, 5.74) is 1.24. The highest BCUT2D eigenvalue weighted by atomic mass is 16.5. The normalized spacial score (nSPS) is 13.3. The fourth-order valence-electron chi connectivity index (χ4n) is 1.21. The van der Waals surface area contributed by atoms with Gasteiger partial charge in [-0.2, -0.15) is 0 Å². The molecule has 1 nitrogen and oxygen atoms in total. The van der Waals surface area contributed by atoms with Crippen molar-refractivity contribution in [2.45, 2.75) is 33.0 Å². The van der Waals surface area contributed by atoms with Crippen molar-refractivity contribution in [1.82, 2.24) is 0 Å². The lowest BCUT2D eigenvalue weighted by Gasteiger charge is -2.15. The Labute approximate surface area is 74.4 Å². The van der Waals surface area contributed by atoms with Crippen molar-refractivity contribution in [3.63, 3.8) is 0 Å². The fraction of sp³-hybridized carbons (Fsp3) is 0.455. The van der Waals surface area contributed by atoms with E-state index < -0.39 is 0 Å². The maximum atomic E-state index is 5.64. The Morgan fingerprint density at radius 2 is 1.58 bits per heavy atom. The van der Waals surface area contributed by atoms with Crippen molar-refractivity contribution < 1.29 is 4.74 Å². The number of benzene rings is 1. The van der Waals surface area contributed by atoms with Crippen molar-refractivity contribution in [3.8, 4) is 0 Å². The van der Waals surface area contributed by atoms with Crippen LogP contribution in [0.15, 0.2) is 30.3 Å². The summed E-state index contributed by atoms with van der Waals surface area (Å²) in [6.07, 6.45) is 0.492. The molecular formula is C11H16O. The maximum absolute atomic E-state index is 5.64. The van der Waals surface area contributed by atoms with Crippen LogP contribution in [0.1, 0.15) is 32.4 Å². The van der Waals surface area contributed by atoms with Crippen molar-refractivity contribution in [3.05, 3.63) is 35.9 Å². The molecule has 1 atom stereocenters. The Kier molecular flexibility index (Phi) is 3.30. The summed E-state index contributed by atoms with van der Waals surface area (Å²) in [7, 11) is 0. The molecule has 0 aliphatic rings. The molecule has 0 fully saturated rings. The van der Waals surface area contributed by atoms with Crippen molar-refractivity contribution in [1.29, 1.82) is 0 Å². The molecule has 0 aromatic heterocycles. The molecule has 0 amide bonds. The average molecular weight is 164 g/mol. The highest BCUT2D eigenvalue weighted by molar-refractivity contribution is 5.16. The minimum absolute atomic E-state index is 0.200. The number of hydrogen-bond acceptors (Lipinski definition) is 1. The highest BCUT2D eigenvalue weighted by Crippen LogP contribution is 2.17. The van der Waals surface area contributed by atoms with Crippen LogP contribution in [-0.2, 0) is 4.74 Å². The molecular weight excluding hydrogens is 148 g/mol. The molecule has 1 aromatic carbocycles. The Morgan fingerprint density at radius 3 is 2.08 bits per heavy atom. The lowest BCUT2D eigenvalue weighted by molar-refractivity contribution is 0.0178. The number of ether oxygens (including phenoxy) is 1. The maximum Gasteiger partial charge on any atom is 0.0800 e. The van der Waals surface area contributed by atoms with Gasteiger partial charge < -0.3 is 4.74 Å². The minimum Gasteiger partial charge on any atom is -0.371 e. The molecule has 12 heavy (non-hydrogen) atoms. The predicted octanol–water partition coefficient (Wildman–Crippen LogP) is 3.17. The van der Waals surface area contributed by atoms with E-state index in [1.54, 1.807) is 0 Å². The van der Waals surface area contributed by atoms with Crippen LogP contribution in [0.3, 0.4) is 0 Å². The molecule has 0 radical (unpaired) electrons. The second-order valence-electron chi connectivity index (χ2n) is 3.24. The van der Waals surface area contributed by atoms with Gasteiger partial charge in [0.15, 0.2) is 0 Å². The summed E-state index contributed by atoms with van der Waals surface area (Å²) in [6.45, 7) is 6.19. The molecule has 0 aliphatic carbocycles. The molecule has 1 heteroatoms. The van der Waals surface area contributed by atoms with Crippen molar-refractivity contribution in [2.75, 3.05) is 0 Å². The van der Waals surface area contributed by atoms with Gasteiger partial charge in [-0.05, 0) is 26.3 Å². The second kappa shape index (κ2) is 4.27. The first kappa shape index (κ1) is 9.27. The summed E-state index contributed by atoms with van der Waals surface area (Å²) in [6, 6.07) is 10.3. The van der Waals surface area contributed by atoms with Gasteiger partial charge in [0.1, 0.15) is 0 Å². The monoisotopic (exact) mass is 164 g/mol. The summed E-state index contributed by atoms with van der Waals surface area (Å²) >= 11 is 0. The van der Waals surface area contributed by atoms with Crippen LogP contribution in [0.5, 0.6) is 0 Å². The van der Waals surface area contributed by atoms with Gasteiger partial charge in [-0.3, -0.25) is 0 Å². The van der Waals surface area contributed by atoms with Gasteiger partial charge in [0, 0.05) is 0 Å². The van der Waals surface area contributed by atoms with E-state index in [2.05, 4.69) is 32.9 Å². The van der Waals surface area contributed by atoms with E-state index in [0.29, 0.717) is 6.10 Å². The topological polar surface area (TPSA) is 9.23 Å². The van der Waals surface area contributed by atoms with Gasteiger partial charge in [0.25, 0.3) is 0 Å². The molecule has 0 aliphatic heterocycles. The van der Waals surface area contributed by atoms with Gasteiger partial charge in [0.2, 0.25) is 0 Å². The van der Waals surface area contributed by atoms with E-state index in [0.717, 1.165) is 0 Å². The number of hydrogen-bond donors (Lipinski definition) is 0. The fourth-order valence-corrected chi connectivity index (χ4v) is 1.21. The first-order chi connectivity index (χ1) is 5.70. The third-order valence-electron chi connectivity index (χ3n) is 1.75. The van der Waals surface area contributed by atoms with Gasteiger partial charge >= 0.3 is 0 Å². The minimum atomic E-state index is 0.200. The Balaban J connectivity index is 2.59. The molecule has 0 heterocycles. The van der Waals surface area contributed by atoms with E-state index in [1.807, 2.05) is 18.2 Å². The molecule has 0 saturated heterocycles. The summed E-state index contributed by atoms with van der Waals surface area (Å²) in [5.74, 6) is 0. The van der Waals surface area contributed by atoms with Crippen LogP contribution < -0.4 is 0 Å². The lowest BCUT2D eigenvalue weighted by atomic mass is 10.1. The van der Waals surface area contributed by atoms with Crippen LogP contribution >= 0.6 is 0 Å². The zero-order valence-electron chi connectivity index (χ0n) is 7.95. The van der Waals surface area contributed by atoms with E-state index in [9.17, 15) is 0 Å². The summed E-state index contributed by atoms with van der Waals surface area (Å²) in [5, 5.41) is 0.